The number of benzene rings is 1. The molecule has 0 radical (unpaired) electrons. The van der Waals surface area contributed by atoms with Crippen LogP contribution in [0, 0.1) is 5.82 Å². The first-order chi connectivity index (χ1) is 11.1. The van der Waals surface area contributed by atoms with Crippen LogP contribution in [0.2, 0.25) is 5.02 Å². The van der Waals surface area contributed by atoms with Gasteiger partial charge in [-0.25, -0.2) is 4.39 Å². The van der Waals surface area contributed by atoms with Gasteiger partial charge in [0.15, 0.2) is 4.90 Å². The van der Waals surface area contributed by atoms with E-state index >= 15 is 0 Å². The highest BCUT2D eigenvalue weighted by molar-refractivity contribution is 7.89. The summed E-state index contributed by atoms with van der Waals surface area (Å²) >= 11 is 4.27. The molecule has 2 aromatic rings. The third-order valence-electron chi connectivity index (χ3n) is 3.00. The highest BCUT2D eigenvalue weighted by atomic mass is 35.5. The van der Waals surface area contributed by atoms with Crippen LogP contribution in [0.15, 0.2) is 35.4 Å². The minimum absolute atomic E-state index is 0.0733. The fraction of sp³-hybridized carbons (Fsp3) is 0.312. The highest BCUT2D eigenvalue weighted by Gasteiger charge is 2.24. The molecule has 0 aliphatic carbocycles. The molecule has 0 spiro atoms. The number of carbonyl (C=O) groups excluding carboxylic acids is 1. The molecule has 0 bridgehead atoms. The molecular weight excluding hydrogens is 353 g/mol. The smallest absolute Gasteiger partial charge is 0.272 e. The molecule has 0 aliphatic rings. The number of halogens is 2. The molecule has 1 aromatic carbocycles. The summed E-state index contributed by atoms with van der Waals surface area (Å²) in [5.74, 6) is -0.960. The molecular formula is C16H19ClFN3O2S. The van der Waals surface area contributed by atoms with Gasteiger partial charge >= 0.3 is 0 Å². The zero-order valence-corrected chi connectivity index (χ0v) is 15.4. The Morgan fingerprint density at radius 3 is 2.58 bits per heavy atom. The summed E-state index contributed by atoms with van der Waals surface area (Å²) in [5.41, 5.74) is 0.381. The van der Waals surface area contributed by atoms with Crippen LogP contribution in [-0.2, 0) is 18.4 Å². The van der Waals surface area contributed by atoms with E-state index in [-0.39, 0.29) is 10.6 Å². The molecule has 2 rings (SSSR count). The molecule has 0 saturated heterocycles. The summed E-state index contributed by atoms with van der Waals surface area (Å²) in [7, 11) is 1.68. The SMILES string of the molecule is Cn1cc([S+]([O-])NC(C)(C)C)cc1C(=O)Nc1ccc(F)c(Cl)c1. The Hall–Kier alpha value is -1.54. The van der Waals surface area contributed by atoms with Crippen molar-refractivity contribution >= 4 is 34.6 Å². The van der Waals surface area contributed by atoms with E-state index in [4.69, 9.17) is 11.6 Å². The van der Waals surface area contributed by atoms with Crippen molar-refractivity contribution in [2.24, 2.45) is 7.05 Å². The quantitative estimate of drug-likeness (QED) is 0.808. The first-order valence-corrected chi connectivity index (χ1v) is 8.72. The third kappa shape index (κ3) is 4.73. The number of nitrogens with one attached hydrogen (secondary N) is 2. The van der Waals surface area contributed by atoms with Crippen LogP contribution in [0.25, 0.3) is 0 Å². The van der Waals surface area contributed by atoms with E-state index in [2.05, 4.69) is 10.0 Å². The van der Waals surface area contributed by atoms with Crippen molar-refractivity contribution in [3.63, 3.8) is 0 Å². The van der Waals surface area contributed by atoms with E-state index in [1.54, 1.807) is 23.9 Å². The van der Waals surface area contributed by atoms with E-state index in [0.29, 0.717) is 16.3 Å². The molecule has 130 valence electrons. The highest BCUT2D eigenvalue weighted by Crippen LogP contribution is 2.21. The topological polar surface area (TPSA) is 69.1 Å². The second-order valence-electron chi connectivity index (χ2n) is 6.38. The van der Waals surface area contributed by atoms with Crippen molar-refractivity contribution in [1.82, 2.24) is 9.29 Å². The van der Waals surface area contributed by atoms with Gasteiger partial charge in [0, 0.05) is 18.8 Å². The van der Waals surface area contributed by atoms with Crippen LogP contribution >= 0.6 is 11.6 Å². The minimum Gasteiger partial charge on any atom is -0.593 e. The lowest BCUT2D eigenvalue weighted by Gasteiger charge is -2.20. The molecule has 5 nitrogen and oxygen atoms in total. The second-order valence-corrected chi connectivity index (χ2v) is 8.00. The fourth-order valence-electron chi connectivity index (χ4n) is 1.97. The summed E-state index contributed by atoms with van der Waals surface area (Å²) in [6.07, 6.45) is 1.63. The Labute approximate surface area is 148 Å². The second kappa shape index (κ2) is 7.14. The van der Waals surface area contributed by atoms with Crippen LogP contribution in [-0.4, -0.2) is 20.6 Å². The molecule has 2 N–H and O–H groups in total. The predicted octanol–water partition coefficient (Wildman–Crippen LogP) is 3.48. The number of hydrogen-bond donors (Lipinski definition) is 2. The standard InChI is InChI=1S/C16H19ClFN3O2S/c1-16(2,3)20-24(23)11-8-14(21(4)9-11)15(22)19-10-5-6-13(18)12(17)7-10/h5-9,20H,1-4H3,(H,19,22). The monoisotopic (exact) mass is 371 g/mol. The first kappa shape index (κ1) is 18.8. The zero-order valence-electron chi connectivity index (χ0n) is 13.8. The van der Waals surface area contributed by atoms with Gasteiger partial charge in [-0.1, -0.05) is 11.6 Å². The number of aromatic nitrogens is 1. The van der Waals surface area contributed by atoms with Crippen LogP contribution in [0.5, 0.6) is 0 Å². The molecule has 1 amide bonds. The van der Waals surface area contributed by atoms with Gasteiger partial charge < -0.3 is 14.4 Å². The number of amides is 1. The summed E-state index contributed by atoms with van der Waals surface area (Å²) in [6, 6.07) is 5.48. The molecule has 0 saturated carbocycles. The average molecular weight is 372 g/mol. The molecule has 1 unspecified atom stereocenters. The summed E-state index contributed by atoms with van der Waals surface area (Å²) in [4.78, 5) is 12.9. The number of carbonyl (C=O) groups is 1. The van der Waals surface area contributed by atoms with E-state index in [0.717, 1.165) is 0 Å². The van der Waals surface area contributed by atoms with Crippen molar-refractivity contribution in [2.75, 3.05) is 5.32 Å². The summed E-state index contributed by atoms with van der Waals surface area (Å²) in [6.45, 7) is 5.71. The van der Waals surface area contributed by atoms with Crippen molar-refractivity contribution in [2.45, 2.75) is 31.2 Å². The number of hydrogen-bond acceptors (Lipinski definition) is 3. The molecule has 1 atom stereocenters. The Morgan fingerprint density at radius 1 is 1.33 bits per heavy atom. The molecule has 0 fully saturated rings. The molecule has 1 heterocycles. The molecule has 24 heavy (non-hydrogen) atoms. The number of anilines is 1. The molecule has 1 aromatic heterocycles. The van der Waals surface area contributed by atoms with Gasteiger partial charge in [-0.05, 0) is 39.0 Å². The Morgan fingerprint density at radius 2 is 2.00 bits per heavy atom. The lowest BCUT2D eigenvalue weighted by Crippen LogP contribution is -2.40. The Balaban J connectivity index is 2.16. The van der Waals surface area contributed by atoms with Crippen molar-refractivity contribution < 1.29 is 13.7 Å². The van der Waals surface area contributed by atoms with Gasteiger partial charge in [0.1, 0.15) is 11.5 Å². The molecule has 8 heteroatoms. The third-order valence-corrected chi connectivity index (χ3v) is 4.74. The predicted molar refractivity (Wildman–Crippen MR) is 94.1 cm³/mol. The van der Waals surface area contributed by atoms with E-state index < -0.39 is 23.1 Å². The van der Waals surface area contributed by atoms with Crippen molar-refractivity contribution in [1.29, 1.82) is 0 Å². The van der Waals surface area contributed by atoms with Crippen molar-refractivity contribution in [3.8, 4) is 0 Å². The lowest BCUT2D eigenvalue weighted by molar-refractivity contribution is 0.101. The maximum Gasteiger partial charge on any atom is 0.272 e. The maximum atomic E-state index is 13.2. The van der Waals surface area contributed by atoms with E-state index in [9.17, 15) is 13.7 Å². The Kier molecular flexibility index (Phi) is 5.59. The normalized spacial score (nSPS) is 13.0. The van der Waals surface area contributed by atoms with Gasteiger partial charge in [-0.15, -0.1) is 4.72 Å². The van der Waals surface area contributed by atoms with E-state index in [1.165, 1.54) is 18.2 Å². The number of nitrogens with zero attached hydrogens (tertiary/aromatic N) is 1. The minimum atomic E-state index is -1.43. The van der Waals surface area contributed by atoms with Crippen molar-refractivity contribution in [3.05, 3.63) is 47.0 Å². The van der Waals surface area contributed by atoms with Gasteiger partial charge in [0.2, 0.25) is 0 Å². The number of rotatable bonds is 4. The lowest BCUT2D eigenvalue weighted by atomic mass is 10.1. The van der Waals surface area contributed by atoms with Crippen LogP contribution in [0.1, 0.15) is 31.3 Å². The van der Waals surface area contributed by atoms with Crippen LogP contribution < -0.4 is 10.0 Å². The average Bonchev–Trinajstić information content (AvgIpc) is 2.83. The van der Waals surface area contributed by atoms with Crippen LogP contribution in [0.4, 0.5) is 10.1 Å². The maximum absolute atomic E-state index is 13.2. The first-order valence-electron chi connectivity index (χ1n) is 7.19. The summed E-state index contributed by atoms with van der Waals surface area (Å²) < 4.78 is 30.0. The Bertz CT molecular complexity index is 758. The van der Waals surface area contributed by atoms with Gasteiger partial charge in [-0.3, -0.25) is 4.79 Å². The fourth-order valence-corrected chi connectivity index (χ4v) is 3.29. The van der Waals surface area contributed by atoms with Gasteiger partial charge in [0.25, 0.3) is 5.91 Å². The van der Waals surface area contributed by atoms with E-state index in [1.807, 2.05) is 20.8 Å². The van der Waals surface area contributed by atoms with Gasteiger partial charge in [-0.2, -0.15) is 0 Å². The molecule has 0 aliphatic heterocycles. The summed E-state index contributed by atoms with van der Waals surface area (Å²) in [5, 5.41) is 2.56. The zero-order chi connectivity index (χ0) is 18.1. The largest absolute Gasteiger partial charge is 0.593 e. The number of aryl methyl sites for hydroxylation is 1. The van der Waals surface area contributed by atoms with Gasteiger partial charge in [0.05, 0.1) is 28.1 Å². The van der Waals surface area contributed by atoms with Crippen LogP contribution in [0.3, 0.4) is 0 Å².